The molecule has 0 aromatic heterocycles. The quantitative estimate of drug-likeness (QED) is 0.437. The molecular formula is C24H20O2. The molecule has 0 heterocycles. The zero-order valence-corrected chi connectivity index (χ0v) is 14.7. The molecular weight excluding hydrogens is 320 g/mol. The van der Waals surface area contributed by atoms with Crippen molar-refractivity contribution in [3.63, 3.8) is 0 Å². The molecule has 0 radical (unpaired) electrons. The van der Waals surface area contributed by atoms with Crippen LogP contribution in [0.25, 0.3) is 21.9 Å². The van der Waals surface area contributed by atoms with E-state index < -0.39 is 0 Å². The first-order chi connectivity index (χ1) is 12.8. The van der Waals surface area contributed by atoms with Gasteiger partial charge in [-0.15, -0.1) is 0 Å². The molecule has 0 unspecified atom stereocenters. The molecule has 0 atom stereocenters. The molecule has 128 valence electrons. The van der Waals surface area contributed by atoms with E-state index in [0.29, 0.717) is 6.61 Å². The highest BCUT2D eigenvalue weighted by atomic mass is 16.5. The number of rotatable bonds is 5. The zero-order chi connectivity index (χ0) is 17.8. The van der Waals surface area contributed by atoms with Crippen molar-refractivity contribution in [2.75, 3.05) is 7.11 Å². The minimum atomic E-state index is 0.574. The largest absolute Gasteiger partial charge is 0.497 e. The van der Waals surface area contributed by atoms with Crippen LogP contribution in [0.1, 0.15) is 5.56 Å². The van der Waals surface area contributed by atoms with Crippen LogP contribution < -0.4 is 9.47 Å². The molecule has 0 fully saturated rings. The number of methoxy groups -OCH3 is 1. The molecule has 0 aliphatic heterocycles. The zero-order valence-electron chi connectivity index (χ0n) is 14.7. The van der Waals surface area contributed by atoms with Crippen molar-refractivity contribution in [3.8, 4) is 22.6 Å². The summed E-state index contributed by atoms with van der Waals surface area (Å²) in [5.74, 6) is 1.75. The second kappa shape index (κ2) is 7.32. The summed E-state index contributed by atoms with van der Waals surface area (Å²) in [5.41, 5.74) is 3.55. The van der Waals surface area contributed by atoms with Crippen LogP contribution in [-0.2, 0) is 6.61 Å². The first kappa shape index (κ1) is 16.2. The second-order valence-corrected chi connectivity index (χ2v) is 6.19. The number of hydrogen-bond acceptors (Lipinski definition) is 2. The standard InChI is InChI=1S/C24H20O2/c1-25-21-12-10-19(11-13-21)23-9-5-8-20-16-22(14-15-24(20)23)26-17-18-6-3-2-4-7-18/h2-16H,17H2,1H3. The van der Waals surface area contributed by atoms with Gasteiger partial charge in [0.25, 0.3) is 0 Å². The van der Waals surface area contributed by atoms with Gasteiger partial charge in [-0.05, 0) is 51.7 Å². The van der Waals surface area contributed by atoms with Crippen LogP contribution in [0.5, 0.6) is 11.5 Å². The van der Waals surface area contributed by atoms with Gasteiger partial charge in [0.05, 0.1) is 7.11 Å². The summed E-state index contributed by atoms with van der Waals surface area (Å²) in [5, 5.41) is 2.38. The van der Waals surface area contributed by atoms with Gasteiger partial charge >= 0.3 is 0 Å². The van der Waals surface area contributed by atoms with Crippen LogP contribution in [0.2, 0.25) is 0 Å². The molecule has 26 heavy (non-hydrogen) atoms. The predicted octanol–water partition coefficient (Wildman–Crippen LogP) is 6.09. The van der Waals surface area contributed by atoms with Crippen LogP contribution >= 0.6 is 0 Å². The lowest BCUT2D eigenvalue weighted by atomic mass is 9.98. The molecule has 0 N–H and O–H groups in total. The van der Waals surface area contributed by atoms with Crippen LogP contribution in [0, 0.1) is 0 Å². The third kappa shape index (κ3) is 3.40. The SMILES string of the molecule is COc1ccc(-c2cccc3cc(OCc4ccccc4)ccc23)cc1. The Bertz CT molecular complexity index is 1010. The summed E-state index contributed by atoms with van der Waals surface area (Å²) in [6.45, 7) is 0.574. The summed E-state index contributed by atoms with van der Waals surface area (Å²) >= 11 is 0. The molecule has 0 amide bonds. The van der Waals surface area contributed by atoms with Gasteiger partial charge in [-0.1, -0.05) is 66.7 Å². The van der Waals surface area contributed by atoms with Gasteiger partial charge < -0.3 is 9.47 Å². The van der Waals surface area contributed by atoms with Crippen molar-refractivity contribution < 1.29 is 9.47 Å². The van der Waals surface area contributed by atoms with Crippen molar-refractivity contribution in [1.82, 2.24) is 0 Å². The molecule has 0 aliphatic carbocycles. The third-order valence-electron chi connectivity index (χ3n) is 4.50. The smallest absolute Gasteiger partial charge is 0.120 e. The maximum absolute atomic E-state index is 5.96. The van der Waals surface area contributed by atoms with E-state index in [1.165, 1.54) is 27.5 Å². The average molecular weight is 340 g/mol. The molecule has 0 bridgehead atoms. The molecule has 4 rings (SSSR count). The van der Waals surface area contributed by atoms with E-state index in [1.807, 2.05) is 36.4 Å². The lowest BCUT2D eigenvalue weighted by Crippen LogP contribution is -1.95. The van der Waals surface area contributed by atoms with Gasteiger partial charge in [0.1, 0.15) is 18.1 Å². The average Bonchev–Trinajstić information content (AvgIpc) is 2.72. The van der Waals surface area contributed by atoms with E-state index in [0.717, 1.165) is 11.5 Å². The molecule has 4 aromatic carbocycles. The molecule has 2 nitrogen and oxygen atoms in total. The normalized spacial score (nSPS) is 10.7. The molecule has 0 saturated carbocycles. The highest BCUT2D eigenvalue weighted by Crippen LogP contribution is 2.32. The number of hydrogen-bond donors (Lipinski definition) is 0. The van der Waals surface area contributed by atoms with E-state index in [-0.39, 0.29) is 0 Å². The van der Waals surface area contributed by atoms with Gasteiger partial charge in [-0.25, -0.2) is 0 Å². The van der Waals surface area contributed by atoms with Gasteiger partial charge in [0, 0.05) is 0 Å². The minimum absolute atomic E-state index is 0.574. The Balaban J connectivity index is 1.62. The van der Waals surface area contributed by atoms with Crippen LogP contribution in [0.15, 0.2) is 91.0 Å². The third-order valence-corrected chi connectivity index (χ3v) is 4.50. The Labute approximate surface area is 153 Å². The molecule has 2 heteroatoms. The summed E-state index contributed by atoms with van der Waals surface area (Å²) in [4.78, 5) is 0. The maximum Gasteiger partial charge on any atom is 0.120 e. The van der Waals surface area contributed by atoms with E-state index in [9.17, 15) is 0 Å². The van der Waals surface area contributed by atoms with Crippen molar-refractivity contribution in [3.05, 3.63) is 96.6 Å². The Hall–Kier alpha value is -3.26. The van der Waals surface area contributed by atoms with Crippen molar-refractivity contribution in [1.29, 1.82) is 0 Å². The molecule has 4 aromatic rings. The van der Waals surface area contributed by atoms with Crippen LogP contribution in [-0.4, -0.2) is 7.11 Å². The lowest BCUT2D eigenvalue weighted by molar-refractivity contribution is 0.306. The Morgan fingerprint density at radius 1 is 0.692 bits per heavy atom. The predicted molar refractivity (Wildman–Crippen MR) is 107 cm³/mol. The number of fused-ring (bicyclic) bond motifs is 1. The maximum atomic E-state index is 5.96. The first-order valence-electron chi connectivity index (χ1n) is 8.67. The van der Waals surface area contributed by atoms with Crippen molar-refractivity contribution in [2.24, 2.45) is 0 Å². The van der Waals surface area contributed by atoms with Gasteiger partial charge in [0.15, 0.2) is 0 Å². The van der Waals surface area contributed by atoms with Gasteiger partial charge in [-0.2, -0.15) is 0 Å². The summed E-state index contributed by atoms with van der Waals surface area (Å²) < 4.78 is 11.2. The lowest BCUT2D eigenvalue weighted by Gasteiger charge is -2.11. The Morgan fingerprint density at radius 3 is 2.23 bits per heavy atom. The fraction of sp³-hybridized carbons (Fsp3) is 0.0833. The molecule has 0 aliphatic rings. The Kier molecular flexibility index (Phi) is 4.57. The van der Waals surface area contributed by atoms with Crippen LogP contribution in [0.3, 0.4) is 0 Å². The van der Waals surface area contributed by atoms with E-state index in [2.05, 4.69) is 54.6 Å². The minimum Gasteiger partial charge on any atom is -0.497 e. The summed E-state index contributed by atoms with van der Waals surface area (Å²) in [6, 6.07) is 31.0. The fourth-order valence-electron chi connectivity index (χ4n) is 3.11. The number of benzene rings is 4. The molecule has 0 saturated heterocycles. The fourth-order valence-corrected chi connectivity index (χ4v) is 3.11. The highest BCUT2D eigenvalue weighted by Gasteiger charge is 2.06. The van der Waals surface area contributed by atoms with Crippen LogP contribution in [0.4, 0.5) is 0 Å². The van der Waals surface area contributed by atoms with E-state index in [4.69, 9.17) is 9.47 Å². The van der Waals surface area contributed by atoms with Gasteiger partial charge in [0.2, 0.25) is 0 Å². The molecule has 0 spiro atoms. The topological polar surface area (TPSA) is 18.5 Å². The monoisotopic (exact) mass is 340 g/mol. The highest BCUT2D eigenvalue weighted by molar-refractivity contribution is 5.97. The summed E-state index contributed by atoms with van der Waals surface area (Å²) in [7, 11) is 1.68. The summed E-state index contributed by atoms with van der Waals surface area (Å²) in [6.07, 6.45) is 0. The first-order valence-corrected chi connectivity index (χ1v) is 8.67. The van der Waals surface area contributed by atoms with E-state index >= 15 is 0 Å². The number of ether oxygens (including phenoxy) is 2. The Morgan fingerprint density at radius 2 is 1.46 bits per heavy atom. The van der Waals surface area contributed by atoms with Crippen molar-refractivity contribution >= 4 is 10.8 Å². The van der Waals surface area contributed by atoms with Crippen molar-refractivity contribution in [2.45, 2.75) is 6.61 Å². The van der Waals surface area contributed by atoms with Gasteiger partial charge in [-0.3, -0.25) is 0 Å². The van der Waals surface area contributed by atoms with E-state index in [1.54, 1.807) is 7.11 Å². The second-order valence-electron chi connectivity index (χ2n) is 6.19.